The largest absolute Gasteiger partial charge is 0.408 e. The van der Waals surface area contributed by atoms with Gasteiger partial charge in [-0.3, -0.25) is 14.3 Å². The van der Waals surface area contributed by atoms with Crippen LogP contribution in [0.25, 0.3) is 0 Å². The van der Waals surface area contributed by atoms with Crippen LogP contribution < -0.4 is 11.2 Å². The van der Waals surface area contributed by atoms with E-state index in [1.54, 1.807) is 6.92 Å². The van der Waals surface area contributed by atoms with E-state index in [0.29, 0.717) is 5.56 Å². The number of aryl methyl sites for hydroxylation is 1. The molecule has 0 aromatic carbocycles. The van der Waals surface area contributed by atoms with E-state index in [1.165, 1.54) is 10.8 Å². The molecule has 2 fully saturated rings. The van der Waals surface area contributed by atoms with Gasteiger partial charge in [0.05, 0.1) is 13.2 Å². The van der Waals surface area contributed by atoms with Crippen molar-refractivity contribution in [3.63, 3.8) is 0 Å². The lowest BCUT2D eigenvalue weighted by molar-refractivity contribution is -0.187. The fraction of sp³-hybridized carbons (Fsp3) is 0.765. The van der Waals surface area contributed by atoms with E-state index in [9.17, 15) is 14.7 Å². The first-order chi connectivity index (χ1) is 11.9. The molecule has 4 atom stereocenters. The Morgan fingerprint density at radius 3 is 2.65 bits per heavy atom. The van der Waals surface area contributed by atoms with Crippen LogP contribution in [0.2, 0.25) is 18.1 Å². The lowest BCUT2D eigenvalue weighted by Crippen LogP contribution is -2.52. The van der Waals surface area contributed by atoms with Gasteiger partial charge < -0.3 is 19.0 Å². The van der Waals surface area contributed by atoms with Crippen LogP contribution in [-0.4, -0.2) is 54.0 Å². The fourth-order valence-electron chi connectivity index (χ4n) is 3.18. The molecule has 2 N–H and O–H groups in total. The summed E-state index contributed by atoms with van der Waals surface area (Å²) in [5.41, 5.74) is -1.60. The van der Waals surface area contributed by atoms with Gasteiger partial charge in [0.25, 0.3) is 5.56 Å². The topological polar surface area (TPSA) is 103 Å². The SMILES string of the molecule is Cc1cn([C@@H]2O[C@@]3(CO)COC2C3O[Si](C)(C)C(C)(C)C)c(=O)[nH]c1=O. The summed E-state index contributed by atoms with van der Waals surface area (Å²) in [4.78, 5) is 26.2. The van der Waals surface area contributed by atoms with E-state index in [1.807, 2.05) is 0 Å². The van der Waals surface area contributed by atoms with Crippen LogP contribution in [0.1, 0.15) is 32.6 Å². The van der Waals surface area contributed by atoms with Gasteiger partial charge in [-0.1, -0.05) is 20.8 Å². The number of aromatic amines is 1. The molecule has 0 aliphatic carbocycles. The van der Waals surface area contributed by atoms with Gasteiger partial charge in [0.15, 0.2) is 14.5 Å². The predicted octanol–water partition coefficient (Wildman–Crippen LogP) is 0.894. The van der Waals surface area contributed by atoms with Crippen LogP contribution in [0.3, 0.4) is 0 Å². The van der Waals surface area contributed by atoms with Crippen molar-refractivity contribution >= 4 is 8.32 Å². The number of ether oxygens (including phenoxy) is 2. The average Bonchev–Trinajstić information content (AvgIpc) is 3.02. The van der Waals surface area contributed by atoms with E-state index in [0.717, 1.165) is 0 Å². The number of H-pyrrole nitrogens is 1. The van der Waals surface area contributed by atoms with Crippen molar-refractivity contribution in [3.05, 3.63) is 32.6 Å². The molecule has 8 nitrogen and oxygen atoms in total. The molecule has 0 amide bonds. The summed E-state index contributed by atoms with van der Waals surface area (Å²) in [7, 11) is -2.16. The van der Waals surface area contributed by atoms with Crippen molar-refractivity contribution in [2.24, 2.45) is 0 Å². The highest BCUT2D eigenvalue weighted by Crippen LogP contribution is 2.49. The zero-order valence-corrected chi connectivity index (χ0v) is 17.2. The van der Waals surface area contributed by atoms with Crippen LogP contribution in [0.15, 0.2) is 15.8 Å². The van der Waals surface area contributed by atoms with Crippen LogP contribution in [0, 0.1) is 6.92 Å². The minimum atomic E-state index is -2.16. The van der Waals surface area contributed by atoms with Crippen molar-refractivity contribution in [1.29, 1.82) is 0 Å². The van der Waals surface area contributed by atoms with Crippen LogP contribution in [-0.2, 0) is 13.9 Å². The number of aromatic nitrogens is 2. The summed E-state index contributed by atoms with van der Waals surface area (Å²) < 4.78 is 19.8. The first kappa shape index (κ1) is 19.5. The van der Waals surface area contributed by atoms with Crippen molar-refractivity contribution < 1.29 is 19.0 Å². The Hall–Kier alpha value is -1.26. The third-order valence-electron chi connectivity index (χ3n) is 5.89. The van der Waals surface area contributed by atoms with Crippen LogP contribution in [0.5, 0.6) is 0 Å². The summed E-state index contributed by atoms with van der Waals surface area (Å²) in [5, 5.41) is 10.0. The zero-order valence-electron chi connectivity index (χ0n) is 16.2. The minimum absolute atomic E-state index is 0.0212. The maximum atomic E-state index is 12.3. The lowest BCUT2D eigenvalue weighted by Gasteiger charge is -2.40. The predicted molar refractivity (Wildman–Crippen MR) is 97.8 cm³/mol. The molecule has 2 aliphatic rings. The van der Waals surface area contributed by atoms with Crippen LogP contribution in [0.4, 0.5) is 0 Å². The molecule has 1 aromatic heterocycles. The molecule has 1 aromatic rings. The molecule has 9 heteroatoms. The lowest BCUT2D eigenvalue weighted by atomic mass is 10.0. The van der Waals surface area contributed by atoms with E-state index in [4.69, 9.17) is 13.9 Å². The summed E-state index contributed by atoms with van der Waals surface area (Å²) in [6, 6.07) is 0. The van der Waals surface area contributed by atoms with Gasteiger partial charge in [-0.2, -0.15) is 0 Å². The molecule has 0 spiro atoms. The monoisotopic (exact) mass is 384 g/mol. The van der Waals surface area contributed by atoms with Crippen LogP contribution >= 0.6 is 0 Å². The van der Waals surface area contributed by atoms with E-state index in [-0.39, 0.29) is 18.3 Å². The molecular formula is C17H28N2O6Si. The molecule has 0 radical (unpaired) electrons. The second-order valence-corrected chi connectivity index (χ2v) is 13.5. The Morgan fingerprint density at radius 2 is 2.08 bits per heavy atom. The maximum absolute atomic E-state index is 12.3. The highest BCUT2D eigenvalue weighted by molar-refractivity contribution is 6.74. The van der Waals surface area contributed by atoms with Crippen molar-refractivity contribution in [2.75, 3.05) is 13.2 Å². The average molecular weight is 385 g/mol. The fourth-order valence-corrected chi connectivity index (χ4v) is 4.52. The van der Waals surface area contributed by atoms with Gasteiger partial charge >= 0.3 is 5.69 Å². The number of fused-ring (bicyclic) bond motifs is 2. The summed E-state index contributed by atoms with van der Waals surface area (Å²) in [5.74, 6) is 0. The third kappa shape index (κ3) is 2.91. The van der Waals surface area contributed by atoms with E-state index >= 15 is 0 Å². The Kier molecular flexibility index (Phi) is 4.60. The minimum Gasteiger partial charge on any atom is -0.408 e. The first-order valence-corrected chi connectivity index (χ1v) is 11.7. The van der Waals surface area contributed by atoms with Gasteiger partial charge in [-0.15, -0.1) is 0 Å². The number of nitrogens with zero attached hydrogens (tertiary/aromatic N) is 1. The molecule has 2 bridgehead atoms. The van der Waals surface area contributed by atoms with Gasteiger partial charge in [0.1, 0.15) is 17.8 Å². The summed E-state index contributed by atoms with van der Waals surface area (Å²) in [6.07, 6.45) is -0.296. The summed E-state index contributed by atoms with van der Waals surface area (Å²) >= 11 is 0. The number of rotatable bonds is 4. The maximum Gasteiger partial charge on any atom is 0.330 e. The Bertz CT molecular complexity index is 811. The number of nitrogens with one attached hydrogen (secondary N) is 1. The standard InChI is InChI=1S/C17H28N2O6Si/c1-10-7-19(15(22)18-13(10)21)14-11-12(17(8-20,24-14)9-23-11)25-26(5,6)16(2,3)4/h7,11-12,14,20H,8-9H2,1-6H3,(H,18,21,22)/t11?,12?,14-,17+/m1/s1. The van der Waals surface area contributed by atoms with E-state index in [2.05, 4.69) is 38.8 Å². The Labute approximate surface area is 153 Å². The number of aliphatic hydroxyl groups is 1. The number of hydrogen-bond donors (Lipinski definition) is 2. The molecule has 146 valence electrons. The van der Waals surface area contributed by atoms with Gasteiger partial charge in [-0.25, -0.2) is 4.79 Å². The van der Waals surface area contributed by atoms with Gasteiger partial charge in [-0.05, 0) is 25.1 Å². The second kappa shape index (κ2) is 6.13. The van der Waals surface area contributed by atoms with Crippen molar-refractivity contribution in [3.8, 4) is 0 Å². The molecule has 2 unspecified atom stereocenters. The number of hydrogen-bond acceptors (Lipinski definition) is 6. The molecule has 3 heterocycles. The van der Waals surface area contributed by atoms with Crippen molar-refractivity contribution in [2.45, 2.75) is 69.9 Å². The Balaban J connectivity index is 1.98. The zero-order chi connectivity index (χ0) is 19.5. The molecular weight excluding hydrogens is 356 g/mol. The normalized spacial score (nSPS) is 31.6. The van der Waals surface area contributed by atoms with Crippen molar-refractivity contribution in [1.82, 2.24) is 9.55 Å². The summed E-state index contributed by atoms with van der Waals surface area (Å²) in [6.45, 7) is 12.2. The Morgan fingerprint density at radius 1 is 1.42 bits per heavy atom. The molecule has 2 saturated heterocycles. The van der Waals surface area contributed by atoms with E-state index < -0.39 is 43.6 Å². The molecule has 0 saturated carbocycles. The third-order valence-corrected chi connectivity index (χ3v) is 10.3. The van der Waals surface area contributed by atoms with Gasteiger partial charge in [0, 0.05) is 11.8 Å². The highest BCUT2D eigenvalue weighted by atomic mass is 28.4. The van der Waals surface area contributed by atoms with Gasteiger partial charge in [0.2, 0.25) is 0 Å². The number of aliphatic hydroxyl groups excluding tert-OH is 1. The molecule has 26 heavy (non-hydrogen) atoms. The first-order valence-electron chi connectivity index (χ1n) is 8.82. The smallest absolute Gasteiger partial charge is 0.330 e. The quantitative estimate of drug-likeness (QED) is 0.748. The second-order valence-electron chi connectivity index (χ2n) is 8.78. The molecule has 2 aliphatic heterocycles. The molecule has 3 rings (SSSR count). The highest BCUT2D eigenvalue weighted by Gasteiger charge is 2.64.